The van der Waals surface area contributed by atoms with Gasteiger partial charge >= 0.3 is 0 Å². The lowest BCUT2D eigenvalue weighted by molar-refractivity contribution is -0.384. The molecule has 0 radical (unpaired) electrons. The Hall–Kier alpha value is -5.37. The van der Waals surface area contributed by atoms with Gasteiger partial charge in [-0.05, 0) is 50.3 Å². The molecule has 2 N–H and O–H groups in total. The molecule has 0 aliphatic carbocycles. The molecule has 40 heavy (non-hydrogen) atoms. The first-order chi connectivity index (χ1) is 19.3. The van der Waals surface area contributed by atoms with Gasteiger partial charge in [0.1, 0.15) is 23.1 Å². The Labute approximate surface area is 231 Å². The smallest absolute Gasteiger partial charge is 0.271 e. The molecule has 0 aromatic heterocycles. The molecule has 206 valence electrons. The van der Waals surface area contributed by atoms with Crippen molar-refractivity contribution in [3.63, 3.8) is 0 Å². The Kier molecular flexibility index (Phi) is 10.2. The average Bonchev–Trinajstić information content (AvgIpc) is 2.96. The van der Waals surface area contributed by atoms with Crippen LogP contribution in [0.1, 0.15) is 19.4 Å². The summed E-state index contributed by atoms with van der Waals surface area (Å²) in [5.74, 6) is -0.473. The van der Waals surface area contributed by atoms with Crippen LogP contribution in [0.3, 0.4) is 0 Å². The number of nitro benzene ring substituents is 1. The third-order valence-electron chi connectivity index (χ3n) is 5.85. The van der Waals surface area contributed by atoms with Crippen LogP contribution in [0.15, 0.2) is 72.3 Å². The molecule has 0 heterocycles. The monoisotopic (exact) mass is 543 g/mol. The Bertz CT molecular complexity index is 1460. The quantitative estimate of drug-likeness (QED) is 0.140. The first kappa shape index (κ1) is 29.2. The van der Waals surface area contributed by atoms with Crippen LogP contribution >= 0.6 is 0 Å². The van der Waals surface area contributed by atoms with Crippen molar-refractivity contribution in [2.45, 2.75) is 13.8 Å². The molecule has 0 fully saturated rings. The fourth-order valence-electron chi connectivity index (χ4n) is 3.83. The molecule has 0 saturated heterocycles. The maximum Gasteiger partial charge on any atom is 0.271 e. The zero-order valence-corrected chi connectivity index (χ0v) is 22.3. The average molecular weight is 544 g/mol. The van der Waals surface area contributed by atoms with Gasteiger partial charge in [-0.15, -0.1) is 0 Å². The molecule has 0 bridgehead atoms. The van der Waals surface area contributed by atoms with E-state index in [1.807, 2.05) is 26.0 Å². The molecule has 3 aromatic rings. The van der Waals surface area contributed by atoms with Crippen LogP contribution in [0.5, 0.6) is 11.5 Å². The number of amides is 2. The van der Waals surface area contributed by atoms with Gasteiger partial charge < -0.3 is 25.0 Å². The number of nitriles is 1. The molecule has 2 amide bonds. The van der Waals surface area contributed by atoms with Crippen LogP contribution in [0.25, 0.3) is 6.08 Å². The lowest BCUT2D eigenvalue weighted by Crippen LogP contribution is -2.23. The van der Waals surface area contributed by atoms with Gasteiger partial charge in [0, 0.05) is 48.2 Å². The number of nitrogens with zero attached hydrogens (tertiary/aromatic N) is 3. The second-order valence-electron chi connectivity index (χ2n) is 8.36. The fraction of sp³-hybridized carbons (Fsp3) is 0.207. The predicted molar refractivity (Wildman–Crippen MR) is 152 cm³/mol. The molecule has 0 unspecified atom stereocenters. The van der Waals surface area contributed by atoms with Crippen molar-refractivity contribution >= 4 is 40.6 Å². The highest BCUT2D eigenvalue weighted by atomic mass is 16.6. The number of benzene rings is 3. The summed E-state index contributed by atoms with van der Waals surface area (Å²) in [5, 5.41) is 26.0. The third-order valence-corrected chi connectivity index (χ3v) is 5.85. The molecular formula is C29H29N5O6. The Morgan fingerprint density at radius 1 is 1.02 bits per heavy atom. The largest absolute Gasteiger partial charge is 0.495 e. The Morgan fingerprint density at radius 3 is 2.45 bits per heavy atom. The second-order valence-corrected chi connectivity index (χ2v) is 8.36. The van der Waals surface area contributed by atoms with Crippen LogP contribution in [0, 0.1) is 21.4 Å². The molecule has 3 aromatic carbocycles. The highest BCUT2D eigenvalue weighted by molar-refractivity contribution is 6.10. The molecule has 0 aliphatic heterocycles. The van der Waals surface area contributed by atoms with Crippen molar-refractivity contribution in [1.29, 1.82) is 5.26 Å². The molecule has 11 heteroatoms. The van der Waals surface area contributed by atoms with E-state index in [1.54, 1.807) is 36.4 Å². The molecule has 11 nitrogen and oxygen atoms in total. The van der Waals surface area contributed by atoms with Crippen molar-refractivity contribution in [1.82, 2.24) is 0 Å². The zero-order chi connectivity index (χ0) is 29.1. The van der Waals surface area contributed by atoms with E-state index in [0.717, 1.165) is 18.8 Å². The third kappa shape index (κ3) is 7.58. The van der Waals surface area contributed by atoms with Gasteiger partial charge in [0.15, 0.2) is 6.61 Å². The van der Waals surface area contributed by atoms with Crippen molar-refractivity contribution in [2.24, 2.45) is 0 Å². The number of nitro groups is 1. The van der Waals surface area contributed by atoms with Crippen molar-refractivity contribution in [3.8, 4) is 17.6 Å². The summed E-state index contributed by atoms with van der Waals surface area (Å²) in [4.78, 5) is 38.1. The number of rotatable bonds is 12. The predicted octanol–water partition coefficient (Wildman–Crippen LogP) is 5.01. The van der Waals surface area contributed by atoms with Crippen LogP contribution in [0.2, 0.25) is 0 Å². The topological polar surface area (TPSA) is 147 Å². The molecule has 0 spiro atoms. The summed E-state index contributed by atoms with van der Waals surface area (Å²) >= 11 is 0. The number of methoxy groups -OCH3 is 1. The van der Waals surface area contributed by atoms with Gasteiger partial charge in [0.05, 0.1) is 17.7 Å². The first-order valence-corrected chi connectivity index (χ1v) is 12.4. The number of para-hydroxylation sites is 2. The van der Waals surface area contributed by atoms with Gasteiger partial charge in [0.25, 0.3) is 17.5 Å². The maximum absolute atomic E-state index is 12.9. The zero-order valence-electron chi connectivity index (χ0n) is 22.3. The van der Waals surface area contributed by atoms with Gasteiger partial charge in [0.2, 0.25) is 0 Å². The molecule has 3 rings (SSSR count). The van der Waals surface area contributed by atoms with Gasteiger partial charge in [-0.1, -0.05) is 18.2 Å². The van der Waals surface area contributed by atoms with E-state index in [2.05, 4.69) is 15.5 Å². The van der Waals surface area contributed by atoms with E-state index in [-0.39, 0.29) is 22.7 Å². The number of nitrogens with one attached hydrogen (secondary N) is 2. The van der Waals surface area contributed by atoms with Crippen LogP contribution in [-0.4, -0.2) is 43.5 Å². The highest BCUT2D eigenvalue weighted by Crippen LogP contribution is 2.29. The number of hydrogen-bond acceptors (Lipinski definition) is 8. The van der Waals surface area contributed by atoms with E-state index >= 15 is 0 Å². The van der Waals surface area contributed by atoms with E-state index in [1.165, 1.54) is 37.5 Å². The summed E-state index contributed by atoms with van der Waals surface area (Å²) in [6, 6.07) is 19.6. The number of carbonyl (C=O) groups excluding carboxylic acids is 2. The summed E-state index contributed by atoms with van der Waals surface area (Å²) in [7, 11) is 1.47. The van der Waals surface area contributed by atoms with Gasteiger partial charge in [-0.2, -0.15) is 5.26 Å². The van der Waals surface area contributed by atoms with Gasteiger partial charge in [-0.3, -0.25) is 19.7 Å². The van der Waals surface area contributed by atoms with Crippen molar-refractivity contribution in [2.75, 3.05) is 42.3 Å². The summed E-state index contributed by atoms with van der Waals surface area (Å²) in [6.07, 6.45) is 1.38. The number of anilines is 3. The number of ether oxygens (including phenoxy) is 2. The van der Waals surface area contributed by atoms with Crippen LogP contribution in [-0.2, 0) is 9.59 Å². The fourth-order valence-corrected chi connectivity index (χ4v) is 3.83. The number of carbonyl (C=O) groups is 2. The number of non-ortho nitro benzene ring substituents is 1. The van der Waals surface area contributed by atoms with E-state index in [0.29, 0.717) is 17.0 Å². The Balaban J connectivity index is 1.86. The van der Waals surface area contributed by atoms with Crippen LogP contribution < -0.4 is 25.0 Å². The highest BCUT2D eigenvalue weighted by Gasteiger charge is 2.16. The minimum Gasteiger partial charge on any atom is -0.495 e. The van der Waals surface area contributed by atoms with Gasteiger partial charge in [-0.25, -0.2) is 0 Å². The summed E-state index contributed by atoms with van der Waals surface area (Å²) < 4.78 is 11.1. The minimum atomic E-state index is -0.644. The maximum atomic E-state index is 12.9. The Morgan fingerprint density at radius 2 is 1.77 bits per heavy atom. The first-order valence-electron chi connectivity index (χ1n) is 12.4. The second kappa shape index (κ2) is 14.0. The van der Waals surface area contributed by atoms with Crippen LogP contribution in [0.4, 0.5) is 22.7 Å². The molecular weight excluding hydrogens is 514 g/mol. The summed E-state index contributed by atoms with van der Waals surface area (Å²) in [6.45, 7) is 5.04. The molecule has 0 saturated carbocycles. The van der Waals surface area contributed by atoms with E-state index in [4.69, 9.17) is 9.47 Å². The molecule has 0 aliphatic rings. The molecule has 0 atom stereocenters. The van der Waals surface area contributed by atoms with E-state index < -0.39 is 23.3 Å². The van der Waals surface area contributed by atoms with E-state index in [9.17, 15) is 25.0 Å². The number of hydrogen-bond donors (Lipinski definition) is 2. The standard InChI is InChI=1S/C29H29N5O6/c1-4-33(5-2)23-14-13-20(15-21(18-30)29(36)32-25-11-6-7-12-26(25)39-3)27(17-23)40-19-28(35)31-22-9-8-10-24(16-22)34(37)38/h6-17H,4-5,19H2,1-3H3,(H,31,35)(H,32,36)/b21-15+. The normalized spacial score (nSPS) is 10.7. The SMILES string of the molecule is CCN(CC)c1ccc(/C=C(\C#N)C(=O)Nc2ccccc2OC)c(OCC(=O)Nc2cccc([N+](=O)[O-])c2)c1. The lowest BCUT2D eigenvalue weighted by atomic mass is 10.1. The summed E-state index contributed by atoms with van der Waals surface area (Å²) in [5.41, 5.74) is 1.54. The lowest BCUT2D eigenvalue weighted by Gasteiger charge is -2.22. The van der Waals surface area contributed by atoms with Crippen molar-refractivity contribution < 1.29 is 24.0 Å². The minimum absolute atomic E-state index is 0.159. The van der Waals surface area contributed by atoms with Crippen molar-refractivity contribution in [3.05, 3.63) is 88.0 Å².